The van der Waals surface area contributed by atoms with Gasteiger partial charge in [0.15, 0.2) is 5.43 Å². The number of ether oxygens (including phenoxy) is 1. The Balaban J connectivity index is 1.40. The number of nitrogens with one attached hydrogen (secondary N) is 2. The van der Waals surface area contributed by atoms with Gasteiger partial charge in [0.1, 0.15) is 6.10 Å². The lowest BCUT2D eigenvalue weighted by atomic mass is 9.93. The highest BCUT2D eigenvalue weighted by Gasteiger charge is 2.28. The van der Waals surface area contributed by atoms with E-state index in [9.17, 15) is 14.4 Å². The van der Waals surface area contributed by atoms with Gasteiger partial charge in [0.05, 0.1) is 5.56 Å². The van der Waals surface area contributed by atoms with E-state index < -0.39 is 5.97 Å². The van der Waals surface area contributed by atoms with Crippen LogP contribution in [-0.4, -0.2) is 16.9 Å². The first kappa shape index (κ1) is 20.7. The SMILES string of the molecule is CCc1cc(=O)c2cc(NC(=O)c3ccc4c(c3)C[C@H](c3ccccc3)OC4=O)ccc2[nH]1. The standard InChI is InChI=1S/C27H22N2O4/c1-2-19-15-24(30)22-14-20(9-11-23(22)28-19)29-26(31)17-8-10-21-18(12-17)13-25(33-27(21)32)16-6-4-3-5-7-16/h3-12,14-15,25H,2,13H2,1H3,(H,28,30)(H,29,31)/t25-/m1/s1. The van der Waals surface area contributed by atoms with E-state index in [-0.39, 0.29) is 17.4 Å². The fourth-order valence-corrected chi connectivity index (χ4v) is 4.16. The molecule has 2 N–H and O–H groups in total. The number of esters is 1. The second-order valence-electron chi connectivity index (χ2n) is 8.11. The van der Waals surface area contributed by atoms with Crippen molar-refractivity contribution in [1.82, 2.24) is 4.98 Å². The molecule has 0 aliphatic carbocycles. The van der Waals surface area contributed by atoms with Gasteiger partial charge in [-0.15, -0.1) is 0 Å². The minimum Gasteiger partial charge on any atom is -0.454 e. The molecule has 1 aliphatic heterocycles. The van der Waals surface area contributed by atoms with E-state index in [4.69, 9.17) is 4.74 Å². The third-order valence-corrected chi connectivity index (χ3v) is 5.94. The number of carbonyl (C=O) groups is 2. The average molecular weight is 438 g/mol. The maximum atomic E-state index is 12.9. The molecule has 1 amide bonds. The van der Waals surface area contributed by atoms with Crippen LogP contribution in [0.2, 0.25) is 0 Å². The van der Waals surface area contributed by atoms with E-state index >= 15 is 0 Å². The quantitative estimate of drug-likeness (QED) is 0.448. The maximum absolute atomic E-state index is 12.9. The zero-order chi connectivity index (χ0) is 22.9. The highest BCUT2D eigenvalue weighted by atomic mass is 16.5. The molecule has 0 fully saturated rings. The Hall–Kier alpha value is -4.19. The highest BCUT2D eigenvalue weighted by molar-refractivity contribution is 6.06. The first-order chi connectivity index (χ1) is 16.0. The van der Waals surface area contributed by atoms with Gasteiger partial charge in [-0.2, -0.15) is 0 Å². The van der Waals surface area contributed by atoms with Crippen LogP contribution in [0, 0.1) is 0 Å². The summed E-state index contributed by atoms with van der Waals surface area (Å²) in [5, 5.41) is 3.38. The number of aryl methyl sites for hydroxylation is 1. The average Bonchev–Trinajstić information content (AvgIpc) is 2.84. The fourth-order valence-electron chi connectivity index (χ4n) is 4.16. The number of benzene rings is 3. The molecule has 0 unspecified atom stereocenters. The van der Waals surface area contributed by atoms with Crippen LogP contribution < -0.4 is 10.7 Å². The first-order valence-electron chi connectivity index (χ1n) is 10.9. The van der Waals surface area contributed by atoms with Crippen molar-refractivity contribution in [1.29, 1.82) is 0 Å². The zero-order valence-corrected chi connectivity index (χ0v) is 18.1. The van der Waals surface area contributed by atoms with Crippen LogP contribution >= 0.6 is 0 Å². The number of rotatable bonds is 4. The predicted molar refractivity (Wildman–Crippen MR) is 127 cm³/mol. The van der Waals surface area contributed by atoms with Gasteiger partial charge in [-0.1, -0.05) is 37.3 Å². The van der Waals surface area contributed by atoms with Gasteiger partial charge in [-0.3, -0.25) is 9.59 Å². The minimum atomic E-state index is -0.391. The molecule has 3 aromatic carbocycles. The van der Waals surface area contributed by atoms with Gasteiger partial charge >= 0.3 is 5.97 Å². The summed E-state index contributed by atoms with van der Waals surface area (Å²) in [6, 6.07) is 21.3. The molecule has 4 aromatic rings. The van der Waals surface area contributed by atoms with Crippen molar-refractivity contribution in [2.75, 3.05) is 5.32 Å². The van der Waals surface area contributed by atoms with Crippen LogP contribution in [0.15, 0.2) is 77.6 Å². The number of hydrogen-bond acceptors (Lipinski definition) is 4. The second kappa shape index (κ2) is 8.39. The van der Waals surface area contributed by atoms with Crippen molar-refractivity contribution < 1.29 is 14.3 Å². The first-order valence-corrected chi connectivity index (χ1v) is 10.9. The molecule has 6 heteroatoms. The van der Waals surface area contributed by atoms with Crippen molar-refractivity contribution >= 4 is 28.5 Å². The normalized spacial score (nSPS) is 15.1. The van der Waals surface area contributed by atoms with Crippen LogP contribution in [0.3, 0.4) is 0 Å². The molecule has 1 atom stereocenters. The molecule has 0 saturated heterocycles. The predicted octanol–water partition coefficient (Wildman–Crippen LogP) is 4.80. The fraction of sp³-hybridized carbons (Fsp3) is 0.148. The van der Waals surface area contributed by atoms with E-state index in [1.54, 1.807) is 42.5 Å². The maximum Gasteiger partial charge on any atom is 0.339 e. The third kappa shape index (κ3) is 4.03. The minimum absolute atomic E-state index is 0.0871. The van der Waals surface area contributed by atoms with Gasteiger partial charge < -0.3 is 15.0 Å². The molecule has 0 bridgehead atoms. The molecule has 5 rings (SSSR count). The Morgan fingerprint density at radius 3 is 2.64 bits per heavy atom. The number of pyridine rings is 1. The molecule has 1 aromatic heterocycles. The van der Waals surface area contributed by atoms with Gasteiger partial charge in [0.2, 0.25) is 0 Å². The molecule has 33 heavy (non-hydrogen) atoms. The Labute approximate surface area is 190 Å². The zero-order valence-electron chi connectivity index (χ0n) is 18.1. The number of amides is 1. The molecule has 6 nitrogen and oxygen atoms in total. The van der Waals surface area contributed by atoms with Crippen LogP contribution in [0.25, 0.3) is 10.9 Å². The molecule has 0 saturated carbocycles. The van der Waals surface area contributed by atoms with Crippen molar-refractivity contribution in [2.45, 2.75) is 25.9 Å². The summed E-state index contributed by atoms with van der Waals surface area (Å²) >= 11 is 0. The monoisotopic (exact) mass is 438 g/mol. The summed E-state index contributed by atoms with van der Waals surface area (Å²) in [6.07, 6.45) is 0.850. The number of fused-ring (bicyclic) bond motifs is 2. The van der Waals surface area contributed by atoms with E-state index in [1.165, 1.54) is 0 Å². The number of anilines is 1. The Kier molecular flexibility index (Phi) is 5.26. The molecule has 0 radical (unpaired) electrons. The summed E-state index contributed by atoms with van der Waals surface area (Å²) in [6.45, 7) is 1.98. The molecular weight excluding hydrogens is 416 g/mol. The Bertz CT molecular complexity index is 1440. The molecule has 164 valence electrons. The summed E-state index contributed by atoms with van der Waals surface area (Å²) < 4.78 is 5.59. The van der Waals surface area contributed by atoms with Crippen LogP contribution in [0.4, 0.5) is 5.69 Å². The van der Waals surface area contributed by atoms with Crippen molar-refractivity contribution in [3.8, 4) is 0 Å². The van der Waals surface area contributed by atoms with Crippen LogP contribution in [0.5, 0.6) is 0 Å². The second-order valence-corrected chi connectivity index (χ2v) is 8.11. The number of hydrogen-bond donors (Lipinski definition) is 2. The number of aromatic amines is 1. The van der Waals surface area contributed by atoms with Gasteiger partial charge in [-0.05, 0) is 53.9 Å². The van der Waals surface area contributed by atoms with Gasteiger partial charge in [0.25, 0.3) is 5.91 Å². The van der Waals surface area contributed by atoms with Crippen molar-refractivity contribution in [3.05, 3.63) is 111 Å². The highest BCUT2D eigenvalue weighted by Crippen LogP contribution is 2.31. The summed E-state index contributed by atoms with van der Waals surface area (Å²) in [7, 11) is 0. The smallest absolute Gasteiger partial charge is 0.339 e. The van der Waals surface area contributed by atoms with E-state index in [1.807, 2.05) is 37.3 Å². The largest absolute Gasteiger partial charge is 0.454 e. The van der Waals surface area contributed by atoms with E-state index in [2.05, 4.69) is 10.3 Å². The summed E-state index contributed by atoms with van der Waals surface area (Å²) in [5.41, 5.74) is 4.64. The Morgan fingerprint density at radius 2 is 1.85 bits per heavy atom. The number of cyclic esters (lactones) is 1. The molecule has 0 spiro atoms. The Morgan fingerprint density at radius 1 is 1.03 bits per heavy atom. The number of H-pyrrole nitrogens is 1. The lowest BCUT2D eigenvalue weighted by molar-refractivity contribution is 0.0252. The summed E-state index contributed by atoms with van der Waals surface area (Å²) in [4.78, 5) is 41.1. The molecule has 1 aliphatic rings. The van der Waals surface area contributed by atoms with Crippen LogP contribution in [0.1, 0.15) is 50.6 Å². The third-order valence-electron chi connectivity index (χ3n) is 5.94. The van der Waals surface area contributed by atoms with Crippen molar-refractivity contribution in [3.63, 3.8) is 0 Å². The van der Waals surface area contributed by atoms with Gasteiger partial charge in [0, 0.05) is 40.3 Å². The number of carbonyl (C=O) groups excluding carboxylic acids is 2. The van der Waals surface area contributed by atoms with E-state index in [0.717, 1.165) is 28.8 Å². The van der Waals surface area contributed by atoms with Crippen LogP contribution in [-0.2, 0) is 17.6 Å². The number of aromatic nitrogens is 1. The van der Waals surface area contributed by atoms with Crippen molar-refractivity contribution in [2.24, 2.45) is 0 Å². The molecule has 2 heterocycles. The lowest BCUT2D eigenvalue weighted by Crippen LogP contribution is -2.23. The molecular formula is C27H22N2O4. The van der Waals surface area contributed by atoms with Gasteiger partial charge in [-0.25, -0.2) is 4.79 Å². The lowest BCUT2D eigenvalue weighted by Gasteiger charge is -2.25. The topological polar surface area (TPSA) is 88.3 Å². The van der Waals surface area contributed by atoms with E-state index in [0.29, 0.717) is 28.6 Å². The summed E-state index contributed by atoms with van der Waals surface area (Å²) in [5.74, 6) is -0.703.